The van der Waals surface area contributed by atoms with Crippen LogP contribution in [-0.4, -0.2) is 30.1 Å². The van der Waals surface area contributed by atoms with Crippen molar-refractivity contribution in [3.05, 3.63) is 0 Å². The van der Waals surface area contributed by atoms with E-state index in [1.165, 1.54) is 6.42 Å². The van der Waals surface area contributed by atoms with Gasteiger partial charge in [0.1, 0.15) is 0 Å². The highest BCUT2D eigenvalue weighted by molar-refractivity contribution is 5.00. The lowest BCUT2D eigenvalue weighted by Gasteiger charge is -2.34. The molecule has 1 heterocycles. The van der Waals surface area contributed by atoms with Crippen molar-refractivity contribution in [2.45, 2.75) is 38.3 Å². The maximum Gasteiger partial charge on any atom is 0.0709 e. The molecule has 1 aliphatic rings. The Morgan fingerprint density at radius 3 is 3.00 bits per heavy atom. The lowest BCUT2D eigenvalue weighted by molar-refractivity contribution is 0.176. The van der Waals surface area contributed by atoms with Crippen molar-refractivity contribution in [2.24, 2.45) is 5.73 Å². The summed E-state index contributed by atoms with van der Waals surface area (Å²) in [6.45, 7) is 4.23. The molecule has 0 spiro atoms. The molecule has 0 aromatic heterocycles. The summed E-state index contributed by atoms with van der Waals surface area (Å²) in [6.07, 6.45) is 8.80. The SMILES string of the molecule is C#CC(CC)N1CCC[C@@H](N)C1. The first-order chi connectivity index (χ1) is 5.77. The van der Waals surface area contributed by atoms with Gasteiger partial charge in [0.2, 0.25) is 0 Å². The Kier molecular flexibility index (Phi) is 3.58. The van der Waals surface area contributed by atoms with E-state index in [0.29, 0.717) is 12.1 Å². The fourth-order valence-corrected chi connectivity index (χ4v) is 1.80. The van der Waals surface area contributed by atoms with Gasteiger partial charge in [-0.25, -0.2) is 0 Å². The van der Waals surface area contributed by atoms with Crippen molar-refractivity contribution in [3.8, 4) is 12.3 Å². The highest BCUT2D eigenvalue weighted by atomic mass is 15.2. The van der Waals surface area contributed by atoms with Crippen LogP contribution in [0.4, 0.5) is 0 Å². The Labute approximate surface area is 75.1 Å². The predicted molar refractivity (Wildman–Crippen MR) is 51.7 cm³/mol. The van der Waals surface area contributed by atoms with E-state index in [1.807, 2.05) is 0 Å². The van der Waals surface area contributed by atoms with Gasteiger partial charge in [-0.1, -0.05) is 12.8 Å². The van der Waals surface area contributed by atoms with Crippen LogP contribution in [0, 0.1) is 12.3 Å². The molecule has 0 radical (unpaired) electrons. The molecule has 0 amide bonds. The number of nitrogens with zero attached hydrogens (tertiary/aromatic N) is 1. The number of hydrogen-bond donors (Lipinski definition) is 1. The molecule has 2 N–H and O–H groups in total. The third kappa shape index (κ3) is 2.23. The monoisotopic (exact) mass is 166 g/mol. The van der Waals surface area contributed by atoms with Crippen LogP contribution in [0.25, 0.3) is 0 Å². The van der Waals surface area contributed by atoms with E-state index in [2.05, 4.69) is 17.7 Å². The summed E-state index contributed by atoms with van der Waals surface area (Å²) in [5, 5.41) is 0. The maximum absolute atomic E-state index is 5.86. The van der Waals surface area contributed by atoms with Crippen molar-refractivity contribution in [1.82, 2.24) is 4.90 Å². The van der Waals surface area contributed by atoms with Crippen LogP contribution < -0.4 is 5.73 Å². The highest BCUT2D eigenvalue weighted by Gasteiger charge is 2.21. The van der Waals surface area contributed by atoms with Gasteiger partial charge in [0.15, 0.2) is 0 Å². The minimum absolute atomic E-state index is 0.302. The smallest absolute Gasteiger partial charge is 0.0709 e. The van der Waals surface area contributed by atoms with Crippen LogP contribution in [0.5, 0.6) is 0 Å². The Bertz CT molecular complexity index is 171. The van der Waals surface area contributed by atoms with E-state index in [-0.39, 0.29) is 0 Å². The van der Waals surface area contributed by atoms with Gasteiger partial charge in [0.25, 0.3) is 0 Å². The Morgan fingerprint density at radius 2 is 2.50 bits per heavy atom. The molecule has 2 atom stereocenters. The van der Waals surface area contributed by atoms with E-state index in [4.69, 9.17) is 12.2 Å². The predicted octanol–water partition coefficient (Wildman–Crippen LogP) is 0.821. The first-order valence-corrected chi connectivity index (χ1v) is 4.73. The number of terminal acetylenes is 1. The molecule has 1 saturated heterocycles. The molecule has 12 heavy (non-hydrogen) atoms. The lowest BCUT2D eigenvalue weighted by Crippen LogP contribution is -2.47. The Morgan fingerprint density at radius 1 is 1.75 bits per heavy atom. The molecule has 0 aromatic carbocycles. The molecule has 68 valence electrons. The normalized spacial score (nSPS) is 27.9. The molecule has 0 aromatic rings. The standard InChI is InChI=1S/C10H18N2/c1-3-10(4-2)12-7-5-6-9(11)8-12/h1,9-10H,4-8,11H2,2H3/t9-,10?/m1/s1. The maximum atomic E-state index is 5.86. The van der Waals surface area contributed by atoms with Gasteiger partial charge in [-0.3, -0.25) is 4.90 Å². The van der Waals surface area contributed by atoms with Crippen LogP contribution in [0.3, 0.4) is 0 Å². The largest absolute Gasteiger partial charge is 0.327 e. The second-order valence-electron chi connectivity index (χ2n) is 3.49. The van der Waals surface area contributed by atoms with E-state index < -0.39 is 0 Å². The van der Waals surface area contributed by atoms with Crippen LogP contribution >= 0.6 is 0 Å². The van der Waals surface area contributed by atoms with Crippen molar-refractivity contribution in [2.75, 3.05) is 13.1 Å². The summed E-state index contributed by atoms with van der Waals surface area (Å²) < 4.78 is 0. The summed E-state index contributed by atoms with van der Waals surface area (Å²) in [6, 6.07) is 0.637. The summed E-state index contributed by atoms with van der Waals surface area (Å²) >= 11 is 0. The second-order valence-corrected chi connectivity index (χ2v) is 3.49. The third-order valence-corrected chi connectivity index (χ3v) is 2.51. The fraction of sp³-hybridized carbons (Fsp3) is 0.800. The van der Waals surface area contributed by atoms with Gasteiger partial charge < -0.3 is 5.73 Å². The topological polar surface area (TPSA) is 29.3 Å². The summed E-state index contributed by atoms with van der Waals surface area (Å²) in [5.41, 5.74) is 5.86. The second kappa shape index (κ2) is 4.49. The van der Waals surface area contributed by atoms with Crippen LogP contribution in [0.1, 0.15) is 26.2 Å². The first-order valence-electron chi connectivity index (χ1n) is 4.73. The molecule has 1 aliphatic heterocycles. The van der Waals surface area contributed by atoms with E-state index in [0.717, 1.165) is 25.9 Å². The van der Waals surface area contributed by atoms with Crippen molar-refractivity contribution in [1.29, 1.82) is 0 Å². The fourth-order valence-electron chi connectivity index (χ4n) is 1.80. The molecule has 1 fully saturated rings. The molecular formula is C10H18N2. The van der Waals surface area contributed by atoms with Crippen molar-refractivity contribution < 1.29 is 0 Å². The quantitative estimate of drug-likeness (QED) is 0.615. The van der Waals surface area contributed by atoms with Gasteiger partial charge in [-0.15, -0.1) is 6.42 Å². The molecule has 2 heteroatoms. The van der Waals surface area contributed by atoms with Gasteiger partial charge in [-0.2, -0.15) is 0 Å². The lowest BCUT2D eigenvalue weighted by atomic mass is 10.0. The Hall–Kier alpha value is -0.520. The molecule has 2 nitrogen and oxygen atoms in total. The van der Waals surface area contributed by atoms with Gasteiger partial charge in [0.05, 0.1) is 6.04 Å². The molecule has 0 aliphatic carbocycles. The molecular weight excluding hydrogens is 148 g/mol. The number of likely N-dealkylation sites (tertiary alicyclic amines) is 1. The number of piperidine rings is 1. The minimum atomic E-state index is 0.302. The zero-order valence-corrected chi connectivity index (χ0v) is 7.79. The summed E-state index contributed by atoms with van der Waals surface area (Å²) in [4.78, 5) is 2.33. The minimum Gasteiger partial charge on any atom is -0.327 e. The van der Waals surface area contributed by atoms with Crippen LogP contribution in [-0.2, 0) is 0 Å². The third-order valence-electron chi connectivity index (χ3n) is 2.51. The average Bonchev–Trinajstić information content (AvgIpc) is 2.07. The number of hydrogen-bond acceptors (Lipinski definition) is 2. The average molecular weight is 166 g/mol. The van der Waals surface area contributed by atoms with Crippen LogP contribution in [0.2, 0.25) is 0 Å². The molecule has 1 rings (SSSR count). The highest BCUT2D eigenvalue weighted by Crippen LogP contribution is 2.12. The number of rotatable bonds is 2. The first kappa shape index (κ1) is 9.57. The van der Waals surface area contributed by atoms with Crippen molar-refractivity contribution >= 4 is 0 Å². The molecule has 0 saturated carbocycles. The van der Waals surface area contributed by atoms with Gasteiger partial charge in [0, 0.05) is 12.6 Å². The summed E-state index contributed by atoms with van der Waals surface area (Å²) in [5.74, 6) is 2.81. The van der Waals surface area contributed by atoms with E-state index >= 15 is 0 Å². The van der Waals surface area contributed by atoms with E-state index in [1.54, 1.807) is 0 Å². The Balaban J connectivity index is 2.45. The number of nitrogens with two attached hydrogens (primary N) is 1. The molecule has 1 unspecified atom stereocenters. The van der Waals surface area contributed by atoms with Crippen LogP contribution in [0.15, 0.2) is 0 Å². The van der Waals surface area contributed by atoms with Gasteiger partial charge in [-0.05, 0) is 25.8 Å². The zero-order valence-electron chi connectivity index (χ0n) is 7.79. The molecule has 0 bridgehead atoms. The van der Waals surface area contributed by atoms with E-state index in [9.17, 15) is 0 Å². The van der Waals surface area contributed by atoms with Gasteiger partial charge >= 0.3 is 0 Å². The zero-order chi connectivity index (χ0) is 8.97. The summed E-state index contributed by atoms with van der Waals surface area (Å²) in [7, 11) is 0. The van der Waals surface area contributed by atoms with Crippen molar-refractivity contribution in [3.63, 3.8) is 0 Å².